The molecule has 5 nitrogen and oxygen atoms in total. The van der Waals surface area contributed by atoms with E-state index >= 15 is 0 Å². The Hall–Kier alpha value is -1.92. The van der Waals surface area contributed by atoms with Gasteiger partial charge in [0, 0.05) is 30.8 Å². The monoisotopic (exact) mass is 329 g/mol. The van der Waals surface area contributed by atoms with Crippen molar-refractivity contribution in [3.05, 3.63) is 40.4 Å². The van der Waals surface area contributed by atoms with Crippen molar-refractivity contribution in [1.82, 2.24) is 9.88 Å². The molecule has 23 heavy (non-hydrogen) atoms. The van der Waals surface area contributed by atoms with Gasteiger partial charge in [-0.1, -0.05) is 25.1 Å². The molecular weight excluding hydrogens is 310 g/mol. The summed E-state index contributed by atoms with van der Waals surface area (Å²) in [5, 5.41) is 3.63. The van der Waals surface area contributed by atoms with Crippen LogP contribution < -0.4 is 10.1 Å². The lowest BCUT2D eigenvalue weighted by atomic mass is 10.1. The molecular formula is C17H19N3O2S. The summed E-state index contributed by atoms with van der Waals surface area (Å²) < 4.78 is 5.73. The Kier molecular flexibility index (Phi) is 3.79. The van der Waals surface area contributed by atoms with Gasteiger partial charge < -0.3 is 4.74 Å². The zero-order chi connectivity index (χ0) is 15.8. The summed E-state index contributed by atoms with van der Waals surface area (Å²) in [6.45, 7) is 5.20. The fourth-order valence-electron chi connectivity index (χ4n) is 3.09. The van der Waals surface area contributed by atoms with Crippen molar-refractivity contribution in [2.24, 2.45) is 0 Å². The van der Waals surface area contributed by atoms with Gasteiger partial charge in [-0.2, -0.15) is 0 Å². The van der Waals surface area contributed by atoms with Crippen LogP contribution in [0.3, 0.4) is 0 Å². The standard InChI is InChI=1S/C17H19N3O2S/c1-2-20-8-7-12-15(10-20)23-17(18-12)19-16(21)14-9-11-5-3-4-6-13(11)22-14/h3-6,14H,2,7-10H2,1H3,(H,18,19,21)/t14-/m1/s1. The molecule has 0 bridgehead atoms. The topological polar surface area (TPSA) is 54.5 Å². The molecule has 0 spiro atoms. The molecule has 0 fully saturated rings. The van der Waals surface area contributed by atoms with Crippen LogP contribution in [0.1, 0.15) is 23.1 Å². The molecule has 0 unspecified atom stereocenters. The molecule has 1 aromatic heterocycles. The third kappa shape index (κ3) is 2.84. The van der Waals surface area contributed by atoms with E-state index in [1.807, 2.05) is 24.3 Å². The van der Waals surface area contributed by atoms with Gasteiger partial charge in [0.25, 0.3) is 5.91 Å². The molecule has 0 aliphatic carbocycles. The average molecular weight is 329 g/mol. The number of benzene rings is 1. The summed E-state index contributed by atoms with van der Waals surface area (Å²) in [5.41, 5.74) is 2.22. The normalized spacial score (nSPS) is 19.8. The molecule has 120 valence electrons. The Balaban J connectivity index is 1.43. The van der Waals surface area contributed by atoms with Crippen LogP contribution >= 0.6 is 11.3 Å². The van der Waals surface area contributed by atoms with Crippen molar-refractivity contribution in [3.63, 3.8) is 0 Å². The number of carbonyl (C=O) groups excluding carboxylic acids is 1. The Morgan fingerprint density at radius 3 is 3.17 bits per heavy atom. The molecule has 2 aromatic rings. The number of anilines is 1. The van der Waals surface area contributed by atoms with Gasteiger partial charge in [-0.3, -0.25) is 15.0 Å². The van der Waals surface area contributed by atoms with Gasteiger partial charge in [-0.15, -0.1) is 11.3 Å². The van der Waals surface area contributed by atoms with E-state index in [4.69, 9.17) is 4.74 Å². The van der Waals surface area contributed by atoms with E-state index in [2.05, 4.69) is 22.1 Å². The maximum absolute atomic E-state index is 12.4. The van der Waals surface area contributed by atoms with Gasteiger partial charge in [-0.25, -0.2) is 4.98 Å². The number of nitrogens with zero attached hydrogens (tertiary/aromatic N) is 2. The minimum Gasteiger partial charge on any atom is -0.480 e. The molecule has 1 amide bonds. The summed E-state index contributed by atoms with van der Waals surface area (Å²) in [6, 6.07) is 7.80. The number of carbonyl (C=O) groups is 1. The number of nitrogens with one attached hydrogen (secondary N) is 1. The highest BCUT2D eigenvalue weighted by Crippen LogP contribution is 2.31. The second kappa shape index (κ2) is 5.94. The van der Waals surface area contributed by atoms with Crippen LogP contribution in [0.5, 0.6) is 5.75 Å². The average Bonchev–Trinajstić information content (AvgIpc) is 3.17. The second-order valence-corrected chi connectivity index (χ2v) is 7.00. The van der Waals surface area contributed by atoms with Crippen LogP contribution in [0.25, 0.3) is 0 Å². The summed E-state index contributed by atoms with van der Waals surface area (Å²) in [6.07, 6.45) is 1.12. The van der Waals surface area contributed by atoms with Crippen LogP contribution in [0.4, 0.5) is 5.13 Å². The number of hydrogen-bond donors (Lipinski definition) is 1. The van der Waals surface area contributed by atoms with Crippen LogP contribution in [0, 0.1) is 0 Å². The lowest BCUT2D eigenvalue weighted by Crippen LogP contribution is -2.31. The number of para-hydroxylation sites is 1. The lowest BCUT2D eigenvalue weighted by molar-refractivity contribution is -0.122. The number of thiazole rings is 1. The zero-order valence-electron chi connectivity index (χ0n) is 13.0. The highest BCUT2D eigenvalue weighted by molar-refractivity contribution is 7.15. The summed E-state index contributed by atoms with van der Waals surface area (Å²) in [4.78, 5) is 20.7. The van der Waals surface area contributed by atoms with Crippen molar-refractivity contribution >= 4 is 22.4 Å². The van der Waals surface area contributed by atoms with Crippen molar-refractivity contribution in [3.8, 4) is 5.75 Å². The molecule has 2 aliphatic heterocycles. The summed E-state index contributed by atoms with van der Waals surface area (Å²) in [5.74, 6) is 0.698. The highest BCUT2D eigenvalue weighted by atomic mass is 32.1. The highest BCUT2D eigenvalue weighted by Gasteiger charge is 2.30. The van der Waals surface area contributed by atoms with Gasteiger partial charge >= 0.3 is 0 Å². The van der Waals surface area contributed by atoms with Crippen LogP contribution in [0.15, 0.2) is 24.3 Å². The van der Waals surface area contributed by atoms with E-state index in [0.29, 0.717) is 11.6 Å². The first-order valence-corrected chi connectivity index (χ1v) is 8.81. The predicted octanol–water partition coefficient (Wildman–Crippen LogP) is 2.46. The number of aromatic nitrogens is 1. The Morgan fingerprint density at radius 2 is 2.35 bits per heavy atom. The molecule has 0 radical (unpaired) electrons. The molecule has 1 N–H and O–H groups in total. The molecule has 2 aliphatic rings. The van der Waals surface area contributed by atoms with Crippen molar-refractivity contribution < 1.29 is 9.53 Å². The van der Waals surface area contributed by atoms with Gasteiger partial charge in [0.05, 0.1) is 5.69 Å². The van der Waals surface area contributed by atoms with E-state index in [1.54, 1.807) is 11.3 Å². The van der Waals surface area contributed by atoms with Gasteiger partial charge in [0.2, 0.25) is 0 Å². The van der Waals surface area contributed by atoms with Crippen LogP contribution in [-0.4, -0.2) is 35.0 Å². The SMILES string of the molecule is CCN1CCc2nc(NC(=O)[C@H]3Cc4ccccc4O3)sc2C1. The predicted molar refractivity (Wildman–Crippen MR) is 90.0 cm³/mol. The second-order valence-electron chi connectivity index (χ2n) is 5.92. The van der Waals surface area contributed by atoms with Gasteiger partial charge in [0.15, 0.2) is 11.2 Å². The minimum absolute atomic E-state index is 0.111. The van der Waals surface area contributed by atoms with E-state index in [0.717, 1.165) is 43.1 Å². The van der Waals surface area contributed by atoms with Gasteiger partial charge in [0.1, 0.15) is 5.75 Å². The Bertz CT molecular complexity index is 718. The van der Waals surface area contributed by atoms with Crippen molar-refractivity contribution in [1.29, 1.82) is 0 Å². The number of hydrogen-bond acceptors (Lipinski definition) is 5. The number of amides is 1. The summed E-state index contributed by atoms with van der Waals surface area (Å²) >= 11 is 1.59. The smallest absolute Gasteiger partial charge is 0.267 e. The van der Waals surface area contributed by atoms with Crippen molar-refractivity contribution in [2.45, 2.75) is 32.4 Å². The molecule has 4 rings (SSSR count). The Morgan fingerprint density at radius 1 is 1.48 bits per heavy atom. The number of fused-ring (bicyclic) bond motifs is 2. The third-order valence-corrected chi connectivity index (χ3v) is 5.43. The van der Waals surface area contributed by atoms with E-state index in [-0.39, 0.29) is 5.91 Å². The minimum atomic E-state index is -0.458. The third-order valence-electron chi connectivity index (χ3n) is 4.43. The molecule has 6 heteroatoms. The number of likely N-dealkylation sites (N-methyl/N-ethyl adjacent to an activating group) is 1. The first-order valence-electron chi connectivity index (χ1n) is 7.99. The molecule has 0 saturated heterocycles. The first kappa shape index (κ1) is 14.7. The quantitative estimate of drug-likeness (QED) is 0.940. The molecule has 1 atom stereocenters. The molecule has 0 saturated carbocycles. The van der Waals surface area contributed by atoms with E-state index in [1.165, 1.54) is 4.88 Å². The van der Waals surface area contributed by atoms with Gasteiger partial charge in [-0.05, 0) is 18.2 Å². The lowest BCUT2D eigenvalue weighted by Gasteiger charge is -2.23. The van der Waals surface area contributed by atoms with Crippen LogP contribution in [0.2, 0.25) is 0 Å². The number of ether oxygens (including phenoxy) is 1. The molecule has 3 heterocycles. The number of rotatable bonds is 3. The zero-order valence-corrected chi connectivity index (χ0v) is 13.9. The van der Waals surface area contributed by atoms with Crippen LogP contribution in [-0.2, 0) is 24.2 Å². The molecule has 1 aromatic carbocycles. The fraction of sp³-hybridized carbons (Fsp3) is 0.412. The Labute approximate surface area is 139 Å². The van der Waals surface area contributed by atoms with Crippen molar-refractivity contribution in [2.75, 3.05) is 18.4 Å². The summed E-state index contributed by atoms with van der Waals surface area (Å²) in [7, 11) is 0. The fourth-order valence-corrected chi connectivity index (χ4v) is 4.14. The largest absolute Gasteiger partial charge is 0.480 e. The maximum atomic E-state index is 12.4. The van der Waals surface area contributed by atoms with E-state index < -0.39 is 6.10 Å². The maximum Gasteiger partial charge on any atom is 0.267 e. The van der Waals surface area contributed by atoms with E-state index in [9.17, 15) is 4.79 Å². The first-order chi connectivity index (χ1) is 11.2.